The molecule has 0 atom stereocenters. The molecule has 0 aromatic heterocycles. The zero-order valence-corrected chi connectivity index (χ0v) is 9.54. The molecule has 2 nitrogen and oxygen atoms in total. The van der Waals surface area contributed by atoms with E-state index in [4.69, 9.17) is 10.5 Å². The van der Waals surface area contributed by atoms with Gasteiger partial charge in [0.25, 0.3) is 0 Å². The minimum absolute atomic E-state index is 0.0822. The number of anilines is 1. The van der Waals surface area contributed by atoms with Crippen LogP contribution in [0.25, 0.3) is 0 Å². The van der Waals surface area contributed by atoms with Crippen LogP contribution in [0.2, 0.25) is 0 Å². The minimum Gasteiger partial charge on any atom is -0.457 e. The topological polar surface area (TPSA) is 35.2 Å². The molecule has 0 bridgehead atoms. The Labute approximate surface area is 106 Å². The van der Waals surface area contributed by atoms with Crippen LogP contribution in [0.4, 0.5) is 23.2 Å². The molecule has 0 aliphatic heterocycles. The highest BCUT2D eigenvalue weighted by Gasteiger charge is 2.31. The van der Waals surface area contributed by atoms with Crippen molar-refractivity contribution in [3.63, 3.8) is 0 Å². The maximum atomic E-state index is 12.9. The Morgan fingerprint density at radius 3 is 2.32 bits per heavy atom. The Balaban J connectivity index is 2.33. The summed E-state index contributed by atoms with van der Waals surface area (Å²) >= 11 is 0. The summed E-state index contributed by atoms with van der Waals surface area (Å²) in [4.78, 5) is 0. The number of ether oxygens (including phenoxy) is 1. The maximum absolute atomic E-state index is 12.9. The summed E-state index contributed by atoms with van der Waals surface area (Å²) < 4.78 is 55.8. The fraction of sp³-hybridized carbons (Fsp3) is 0.0769. The molecule has 2 aromatic rings. The van der Waals surface area contributed by atoms with Gasteiger partial charge in [-0.05, 0) is 24.3 Å². The molecular weight excluding hydrogens is 262 g/mol. The molecule has 0 unspecified atom stereocenters. The molecule has 0 fully saturated rings. The molecule has 0 saturated heterocycles. The molecule has 100 valence electrons. The normalized spacial score (nSPS) is 11.4. The van der Waals surface area contributed by atoms with Crippen LogP contribution in [0.1, 0.15) is 5.56 Å². The molecular formula is C13H9F4NO. The largest absolute Gasteiger partial charge is 0.457 e. The van der Waals surface area contributed by atoms with Gasteiger partial charge in [-0.25, -0.2) is 4.39 Å². The number of alkyl halides is 3. The average Bonchev–Trinajstić information content (AvgIpc) is 2.26. The molecule has 19 heavy (non-hydrogen) atoms. The lowest BCUT2D eigenvalue weighted by Crippen LogP contribution is -2.06. The third kappa shape index (κ3) is 3.37. The quantitative estimate of drug-likeness (QED) is 0.655. The Morgan fingerprint density at radius 2 is 1.68 bits per heavy atom. The number of hydrogen-bond donors (Lipinski definition) is 1. The van der Waals surface area contributed by atoms with Crippen molar-refractivity contribution in [2.75, 3.05) is 5.73 Å². The van der Waals surface area contributed by atoms with Crippen LogP contribution in [-0.2, 0) is 6.18 Å². The Kier molecular flexibility index (Phi) is 3.33. The van der Waals surface area contributed by atoms with Crippen LogP contribution in [0.3, 0.4) is 0 Å². The van der Waals surface area contributed by atoms with Crippen LogP contribution in [0, 0.1) is 5.82 Å². The predicted molar refractivity (Wildman–Crippen MR) is 62.3 cm³/mol. The van der Waals surface area contributed by atoms with Crippen molar-refractivity contribution in [2.24, 2.45) is 0 Å². The lowest BCUT2D eigenvalue weighted by Gasteiger charge is -2.11. The highest BCUT2D eigenvalue weighted by atomic mass is 19.4. The smallest absolute Gasteiger partial charge is 0.416 e. The summed E-state index contributed by atoms with van der Waals surface area (Å²) in [5.41, 5.74) is 4.39. The second kappa shape index (κ2) is 4.79. The number of rotatable bonds is 2. The summed E-state index contributed by atoms with van der Waals surface area (Å²) in [7, 11) is 0. The van der Waals surface area contributed by atoms with Crippen molar-refractivity contribution < 1.29 is 22.3 Å². The van der Waals surface area contributed by atoms with E-state index in [1.807, 2.05) is 0 Å². The Morgan fingerprint density at radius 1 is 0.947 bits per heavy atom. The molecule has 0 spiro atoms. The van der Waals surface area contributed by atoms with Gasteiger partial charge in [0.05, 0.1) is 5.56 Å². The number of hydrogen-bond acceptors (Lipinski definition) is 2. The zero-order chi connectivity index (χ0) is 14.0. The van der Waals surface area contributed by atoms with E-state index < -0.39 is 17.6 Å². The Hall–Kier alpha value is -2.24. The van der Waals surface area contributed by atoms with E-state index in [2.05, 4.69) is 0 Å². The van der Waals surface area contributed by atoms with E-state index in [9.17, 15) is 17.6 Å². The molecule has 0 aliphatic carbocycles. The zero-order valence-electron chi connectivity index (χ0n) is 9.54. The number of nitrogen functional groups attached to an aromatic ring is 1. The summed E-state index contributed by atoms with van der Waals surface area (Å²) in [6.45, 7) is 0. The standard InChI is InChI=1S/C13H9F4NO/c14-9-2-1-3-11(6-9)19-12-5-8(13(15,16)17)4-10(18)7-12/h1-7H,18H2. The predicted octanol–water partition coefficient (Wildman–Crippen LogP) is 4.22. The van der Waals surface area contributed by atoms with Gasteiger partial charge < -0.3 is 10.5 Å². The van der Waals surface area contributed by atoms with Gasteiger partial charge in [0, 0.05) is 17.8 Å². The number of benzene rings is 2. The van der Waals surface area contributed by atoms with Gasteiger partial charge >= 0.3 is 6.18 Å². The van der Waals surface area contributed by atoms with Crippen molar-refractivity contribution in [2.45, 2.75) is 6.18 Å². The fourth-order valence-electron chi connectivity index (χ4n) is 1.51. The van der Waals surface area contributed by atoms with E-state index in [0.717, 1.165) is 18.2 Å². The van der Waals surface area contributed by atoms with Gasteiger partial charge in [0.15, 0.2) is 0 Å². The summed E-state index contributed by atoms with van der Waals surface area (Å²) in [5.74, 6) is -0.547. The molecule has 0 amide bonds. The molecule has 2 rings (SSSR count). The number of nitrogens with two attached hydrogens (primary N) is 1. The van der Waals surface area contributed by atoms with Crippen LogP contribution in [0.15, 0.2) is 42.5 Å². The van der Waals surface area contributed by atoms with Gasteiger partial charge in [-0.2, -0.15) is 13.2 Å². The number of halogens is 4. The monoisotopic (exact) mass is 271 g/mol. The van der Waals surface area contributed by atoms with Crippen LogP contribution >= 0.6 is 0 Å². The highest BCUT2D eigenvalue weighted by molar-refractivity contribution is 5.49. The van der Waals surface area contributed by atoms with Crippen molar-refractivity contribution in [1.29, 1.82) is 0 Å². The molecule has 2 aromatic carbocycles. The van der Waals surface area contributed by atoms with Crippen LogP contribution < -0.4 is 10.5 Å². The fourth-order valence-corrected chi connectivity index (χ4v) is 1.51. The van der Waals surface area contributed by atoms with Crippen LogP contribution in [0.5, 0.6) is 11.5 Å². The van der Waals surface area contributed by atoms with Gasteiger partial charge in [0.1, 0.15) is 17.3 Å². The maximum Gasteiger partial charge on any atom is 0.416 e. The third-order valence-corrected chi connectivity index (χ3v) is 2.29. The molecule has 0 aliphatic rings. The van der Waals surface area contributed by atoms with Crippen molar-refractivity contribution in [3.8, 4) is 11.5 Å². The van der Waals surface area contributed by atoms with E-state index in [1.165, 1.54) is 24.3 Å². The van der Waals surface area contributed by atoms with Gasteiger partial charge in [-0.15, -0.1) is 0 Å². The van der Waals surface area contributed by atoms with Crippen molar-refractivity contribution >= 4 is 5.69 Å². The minimum atomic E-state index is -4.52. The van der Waals surface area contributed by atoms with E-state index >= 15 is 0 Å². The summed E-state index contributed by atoms with van der Waals surface area (Å²) in [6, 6.07) is 7.94. The van der Waals surface area contributed by atoms with E-state index in [1.54, 1.807) is 0 Å². The first-order chi connectivity index (χ1) is 8.84. The molecule has 0 radical (unpaired) electrons. The van der Waals surface area contributed by atoms with Crippen molar-refractivity contribution in [3.05, 3.63) is 53.8 Å². The second-order valence-corrected chi connectivity index (χ2v) is 3.85. The molecule has 6 heteroatoms. The SMILES string of the molecule is Nc1cc(Oc2cccc(F)c2)cc(C(F)(F)F)c1. The molecule has 2 N–H and O–H groups in total. The molecule has 0 saturated carbocycles. The van der Waals surface area contributed by atoms with Crippen molar-refractivity contribution in [1.82, 2.24) is 0 Å². The third-order valence-electron chi connectivity index (χ3n) is 2.29. The van der Waals surface area contributed by atoms with E-state index in [-0.39, 0.29) is 17.2 Å². The summed E-state index contributed by atoms with van der Waals surface area (Å²) in [6.07, 6.45) is -4.52. The first-order valence-electron chi connectivity index (χ1n) is 5.26. The van der Waals surface area contributed by atoms with Gasteiger partial charge in [0.2, 0.25) is 0 Å². The average molecular weight is 271 g/mol. The first-order valence-corrected chi connectivity index (χ1v) is 5.26. The van der Waals surface area contributed by atoms with Gasteiger partial charge in [-0.3, -0.25) is 0 Å². The van der Waals surface area contributed by atoms with Gasteiger partial charge in [-0.1, -0.05) is 6.07 Å². The Bertz CT molecular complexity index is 595. The lowest BCUT2D eigenvalue weighted by atomic mass is 10.2. The van der Waals surface area contributed by atoms with E-state index in [0.29, 0.717) is 0 Å². The lowest BCUT2D eigenvalue weighted by molar-refractivity contribution is -0.137. The van der Waals surface area contributed by atoms with Crippen LogP contribution in [-0.4, -0.2) is 0 Å². The highest BCUT2D eigenvalue weighted by Crippen LogP contribution is 2.34. The first kappa shape index (κ1) is 13.2. The summed E-state index contributed by atoms with van der Waals surface area (Å²) in [5, 5.41) is 0. The second-order valence-electron chi connectivity index (χ2n) is 3.85. The molecule has 0 heterocycles.